The fourth-order valence-electron chi connectivity index (χ4n) is 1.86. The molecule has 0 N–H and O–H groups in total. The smallest absolute Gasteiger partial charge is 0.244 e. The molecule has 1 aliphatic heterocycles. The first-order chi connectivity index (χ1) is 7.93. The van der Waals surface area contributed by atoms with Crippen LogP contribution in [0.15, 0.2) is 0 Å². The maximum absolute atomic E-state index is 12.1. The van der Waals surface area contributed by atoms with Crippen LogP contribution in [0.1, 0.15) is 26.7 Å². The van der Waals surface area contributed by atoms with Crippen molar-refractivity contribution >= 4 is 39.6 Å². The minimum absolute atomic E-state index is 0.00367. The third kappa shape index (κ3) is 4.00. The number of carbonyl (C=O) groups excluding carboxylic acids is 3. The summed E-state index contributed by atoms with van der Waals surface area (Å²) in [7, 11) is 0. The molecule has 0 aliphatic carbocycles. The molecule has 4 nitrogen and oxygen atoms in total. The molecule has 96 valence electrons. The molecule has 0 radical (unpaired) electrons. The lowest BCUT2D eigenvalue weighted by atomic mass is 10.1. The largest absolute Gasteiger partial charge is 0.331 e. The van der Waals surface area contributed by atoms with E-state index in [1.807, 2.05) is 0 Å². The average molecular weight is 278 g/mol. The van der Waals surface area contributed by atoms with Crippen molar-refractivity contribution in [2.45, 2.75) is 32.7 Å². The SMILES string of the molecule is CC(=O)SC[C@@H](C)C(=O)N1CCC[C@H]1C(=O)Cl. The molecule has 1 saturated heterocycles. The normalized spacial score (nSPS) is 21.4. The highest BCUT2D eigenvalue weighted by molar-refractivity contribution is 8.13. The topological polar surface area (TPSA) is 54.5 Å². The molecule has 6 heteroatoms. The van der Waals surface area contributed by atoms with E-state index in [4.69, 9.17) is 11.6 Å². The molecule has 17 heavy (non-hydrogen) atoms. The van der Waals surface area contributed by atoms with Crippen LogP contribution in [0, 0.1) is 5.92 Å². The van der Waals surface area contributed by atoms with Crippen LogP contribution >= 0.6 is 23.4 Å². The van der Waals surface area contributed by atoms with E-state index in [1.165, 1.54) is 6.92 Å². The Bertz CT molecular complexity index is 335. The zero-order valence-electron chi connectivity index (χ0n) is 9.94. The van der Waals surface area contributed by atoms with E-state index in [2.05, 4.69) is 0 Å². The molecule has 0 aromatic heterocycles. The second-order valence-electron chi connectivity index (χ2n) is 4.20. The van der Waals surface area contributed by atoms with Crippen molar-refractivity contribution in [1.29, 1.82) is 0 Å². The number of carbonyl (C=O) groups is 3. The molecular formula is C11H16ClNO3S. The first kappa shape index (κ1) is 14.5. The Morgan fingerprint density at radius 3 is 2.65 bits per heavy atom. The van der Waals surface area contributed by atoms with Gasteiger partial charge in [-0.2, -0.15) is 0 Å². The third-order valence-electron chi connectivity index (χ3n) is 2.76. The van der Waals surface area contributed by atoms with Gasteiger partial charge in [0.05, 0.1) is 0 Å². The minimum atomic E-state index is -0.478. The molecule has 2 atom stereocenters. The molecule has 1 heterocycles. The quantitative estimate of drug-likeness (QED) is 0.734. The fraction of sp³-hybridized carbons (Fsp3) is 0.727. The van der Waals surface area contributed by atoms with E-state index in [0.717, 1.165) is 18.2 Å². The second-order valence-corrected chi connectivity index (χ2v) is 5.77. The van der Waals surface area contributed by atoms with Crippen LogP contribution in [-0.4, -0.2) is 39.5 Å². The summed E-state index contributed by atoms with van der Waals surface area (Å²) in [5, 5.41) is -0.474. The Kier molecular flexibility index (Phi) is 5.46. The van der Waals surface area contributed by atoms with E-state index in [9.17, 15) is 14.4 Å². The Balaban J connectivity index is 2.56. The zero-order chi connectivity index (χ0) is 13.0. The summed E-state index contributed by atoms with van der Waals surface area (Å²) in [6, 6.07) is -0.478. The predicted octanol–water partition coefficient (Wildman–Crippen LogP) is 1.66. The molecule has 1 fully saturated rings. The van der Waals surface area contributed by atoms with E-state index >= 15 is 0 Å². The van der Waals surface area contributed by atoms with Gasteiger partial charge in [-0.3, -0.25) is 14.4 Å². The first-order valence-corrected chi connectivity index (χ1v) is 6.93. The van der Waals surface area contributed by atoms with Crippen LogP contribution in [0.25, 0.3) is 0 Å². The summed E-state index contributed by atoms with van der Waals surface area (Å²) in [5.41, 5.74) is 0. The maximum Gasteiger partial charge on any atom is 0.244 e. The molecule has 1 aliphatic rings. The molecule has 0 spiro atoms. The van der Waals surface area contributed by atoms with Gasteiger partial charge in [0.25, 0.3) is 0 Å². The summed E-state index contributed by atoms with van der Waals surface area (Å²) in [6.07, 6.45) is 1.45. The van der Waals surface area contributed by atoms with Crippen molar-refractivity contribution < 1.29 is 14.4 Å². The number of hydrogen-bond acceptors (Lipinski definition) is 4. The summed E-state index contributed by atoms with van der Waals surface area (Å²) in [5.74, 6) is 0.101. The number of halogens is 1. The summed E-state index contributed by atoms with van der Waals surface area (Å²) in [4.78, 5) is 35.6. The zero-order valence-corrected chi connectivity index (χ0v) is 11.5. The predicted molar refractivity (Wildman–Crippen MR) is 67.9 cm³/mol. The lowest BCUT2D eigenvalue weighted by molar-refractivity contribution is -0.138. The number of rotatable bonds is 4. The van der Waals surface area contributed by atoms with Crippen molar-refractivity contribution in [3.8, 4) is 0 Å². The molecule has 0 bridgehead atoms. The number of hydrogen-bond donors (Lipinski definition) is 0. The highest BCUT2D eigenvalue weighted by Crippen LogP contribution is 2.23. The molecule has 1 rings (SSSR count). The molecular weight excluding hydrogens is 262 g/mol. The van der Waals surface area contributed by atoms with Gasteiger partial charge in [-0.1, -0.05) is 18.7 Å². The summed E-state index contributed by atoms with van der Waals surface area (Å²) < 4.78 is 0. The number of thioether (sulfide) groups is 1. The van der Waals surface area contributed by atoms with Crippen molar-refractivity contribution in [1.82, 2.24) is 4.90 Å². The Hall–Kier alpha value is -0.550. The standard InChI is InChI=1S/C11H16ClNO3S/c1-7(6-17-8(2)14)11(16)13-5-3-4-9(13)10(12)15/h7,9H,3-6H2,1-2H3/t7-,9+/m1/s1. The summed E-state index contributed by atoms with van der Waals surface area (Å²) >= 11 is 6.59. The molecule has 0 aromatic carbocycles. The number of likely N-dealkylation sites (tertiary alicyclic amines) is 1. The lowest BCUT2D eigenvalue weighted by Crippen LogP contribution is -2.42. The van der Waals surface area contributed by atoms with Crippen LogP contribution in [0.2, 0.25) is 0 Å². The van der Waals surface area contributed by atoms with Gasteiger partial charge in [-0.15, -0.1) is 0 Å². The van der Waals surface area contributed by atoms with Crippen LogP contribution in [-0.2, 0) is 14.4 Å². The highest BCUT2D eigenvalue weighted by atomic mass is 35.5. The molecule has 0 saturated carbocycles. The van der Waals surface area contributed by atoms with Gasteiger partial charge in [-0.05, 0) is 24.4 Å². The minimum Gasteiger partial charge on any atom is -0.331 e. The van der Waals surface area contributed by atoms with Gasteiger partial charge in [0.2, 0.25) is 11.1 Å². The number of nitrogens with zero attached hydrogens (tertiary/aromatic N) is 1. The van der Waals surface area contributed by atoms with E-state index < -0.39 is 11.3 Å². The van der Waals surface area contributed by atoms with Crippen LogP contribution in [0.3, 0.4) is 0 Å². The van der Waals surface area contributed by atoms with Gasteiger partial charge < -0.3 is 4.90 Å². The van der Waals surface area contributed by atoms with E-state index in [1.54, 1.807) is 11.8 Å². The van der Waals surface area contributed by atoms with Gasteiger partial charge in [0, 0.05) is 25.1 Å². The molecule has 1 amide bonds. The van der Waals surface area contributed by atoms with Crippen molar-refractivity contribution in [2.75, 3.05) is 12.3 Å². The van der Waals surface area contributed by atoms with E-state index in [0.29, 0.717) is 18.7 Å². The Labute approximate surface area is 110 Å². The fourth-order valence-corrected chi connectivity index (χ4v) is 2.72. The molecule has 0 aromatic rings. The van der Waals surface area contributed by atoms with Gasteiger partial charge in [0.1, 0.15) is 6.04 Å². The van der Waals surface area contributed by atoms with Gasteiger partial charge >= 0.3 is 0 Å². The van der Waals surface area contributed by atoms with E-state index in [-0.39, 0.29) is 16.9 Å². The first-order valence-electron chi connectivity index (χ1n) is 5.56. The van der Waals surface area contributed by atoms with Crippen LogP contribution < -0.4 is 0 Å². The Morgan fingerprint density at radius 1 is 1.47 bits per heavy atom. The third-order valence-corrected chi connectivity index (χ3v) is 4.08. The highest BCUT2D eigenvalue weighted by Gasteiger charge is 2.34. The number of amides is 1. The van der Waals surface area contributed by atoms with Gasteiger partial charge in [0.15, 0.2) is 5.12 Å². The molecule has 0 unspecified atom stereocenters. The van der Waals surface area contributed by atoms with Crippen LogP contribution in [0.4, 0.5) is 0 Å². The van der Waals surface area contributed by atoms with Crippen LogP contribution in [0.5, 0.6) is 0 Å². The van der Waals surface area contributed by atoms with Crippen molar-refractivity contribution in [3.05, 3.63) is 0 Å². The maximum atomic E-state index is 12.1. The average Bonchev–Trinajstić information content (AvgIpc) is 2.73. The lowest BCUT2D eigenvalue weighted by Gasteiger charge is -2.24. The van der Waals surface area contributed by atoms with Crippen molar-refractivity contribution in [2.24, 2.45) is 5.92 Å². The second kappa shape index (κ2) is 6.40. The summed E-state index contributed by atoms with van der Waals surface area (Å²) in [6.45, 7) is 3.83. The Morgan fingerprint density at radius 2 is 2.12 bits per heavy atom. The van der Waals surface area contributed by atoms with Crippen molar-refractivity contribution in [3.63, 3.8) is 0 Å². The monoisotopic (exact) mass is 277 g/mol. The van der Waals surface area contributed by atoms with Gasteiger partial charge in [-0.25, -0.2) is 0 Å².